The first-order chi connectivity index (χ1) is 28.5. The highest BCUT2D eigenvalue weighted by Crippen LogP contribution is 2.34. The minimum atomic E-state index is -1.09. The number of nitrogens with zero attached hydrogens (tertiary/aromatic N) is 3. The average Bonchev–Trinajstić information content (AvgIpc) is 3.54. The first kappa shape index (κ1) is 45.3. The van der Waals surface area contributed by atoms with Gasteiger partial charge >= 0.3 is 12.1 Å². The fraction of sp³-hybridized carbons (Fsp3) is 0.447. The van der Waals surface area contributed by atoms with Gasteiger partial charge in [-0.15, -0.1) is 0 Å². The number of alkyl carbamates (subject to hydrolysis) is 1. The maximum Gasteiger partial charge on any atom is 0.406 e. The van der Waals surface area contributed by atoms with Gasteiger partial charge < -0.3 is 36.0 Å². The summed E-state index contributed by atoms with van der Waals surface area (Å²) in [6, 6.07) is 27.0. The van der Waals surface area contributed by atoms with Crippen molar-refractivity contribution in [3.63, 3.8) is 0 Å². The Morgan fingerprint density at radius 3 is 2.25 bits per heavy atom. The lowest BCUT2D eigenvalue weighted by atomic mass is 9.75. The number of rotatable bonds is 18. The van der Waals surface area contributed by atoms with Crippen molar-refractivity contribution in [2.75, 3.05) is 20.2 Å². The van der Waals surface area contributed by atoms with Gasteiger partial charge in [0.05, 0.1) is 49.1 Å². The van der Waals surface area contributed by atoms with E-state index in [1.165, 1.54) is 7.11 Å². The van der Waals surface area contributed by atoms with Gasteiger partial charge in [-0.3, -0.25) is 19.6 Å². The van der Waals surface area contributed by atoms with Crippen LogP contribution in [0.5, 0.6) is 0 Å². The molecule has 1 saturated heterocycles. The molecule has 5 amide bonds. The van der Waals surface area contributed by atoms with Crippen molar-refractivity contribution in [2.45, 2.75) is 98.0 Å². The number of ether oxygens (including phenoxy) is 1. The summed E-state index contributed by atoms with van der Waals surface area (Å²) in [4.78, 5) is 64.3. The fourth-order valence-corrected chi connectivity index (χ4v) is 7.91. The highest BCUT2D eigenvalue weighted by molar-refractivity contribution is 5.84. The summed E-state index contributed by atoms with van der Waals surface area (Å²) in [5.41, 5.74) is 4.04. The van der Waals surface area contributed by atoms with Crippen molar-refractivity contribution >= 4 is 23.9 Å². The van der Waals surface area contributed by atoms with Crippen LogP contribution in [0.1, 0.15) is 70.0 Å². The maximum atomic E-state index is 14.7. The summed E-state index contributed by atoms with van der Waals surface area (Å²) >= 11 is 0. The monoisotopic (exact) mass is 819 g/mol. The number of methoxy groups -OCH3 is 1. The first-order valence-corrected chi connectivity index (χ1v) is 20.6. The number of carbonyl (C=O) groups is 4. The van der Waals surface area contributed by atoms with Crippen molar-refractivity contribution in [3.8, 4) is 11.3 Å². The molecule has 0 radical (unpaired) electrons. The SMILES string of the molecule is COC(=O)NCC(C)(C)CC(=O)NC(Cc1ccc(-c2ccccn2)cc1)CC(O)C(Cc1ccccc1)NC(=O)[C@H](C1CNC(=O)N1Cc1cccc(C)n1)C(C)(C)C. The van der Waals surface area contributed by atoms with Crippen molar-refractivity contribution in [1.82, 2.24) is 36.1 Å². The Morgan fingerprint density at radius 1 is 0.900 bits per heavy atom. The molecule has 5 atom stereocenters. The van der Waals surface area contributed by atoms with Gasteiger partial charge in [0.25, 0.3) is 0 Å². The van der Waals surface area contributed by atoms with E-state index in [9.17, 15) is 24.3 Å². The van der Waals surface area contributed by atoms with Gasteiger partial charge in [0, 0.05) is 43.0 Å². The third kappa shape index (κ3) is 13.1. The van der Waals surface area contributed by atoms with Crippen LogP contribution in [-0.2, 0) is 33.7 Å². The predicted octanol–water partition coefficient (Wildman–Crippen LogP) is 5.99. The number of aliphatic hydroxyl groups excluding tert-OH is 1. The first-order valence-electron chi connectivity index (χ1n) is 20.6. The van der Waals surface area contributed by atoms with E-state index in [-0.39, 0.29) is 50.3 Å². The van der Waals surface area contributed by atoms with E-state index in [1.807, 2.05) is 133 Å². The van der Waals surface area contributed by atoms with Gasteiger partial charge in [-0.25, -0.2) is 9.59 Å². The number of hydrogen-bond donors (Lipinski definition) is 5. The molecule has 13 heteroatoms. The summed E-state index contributed by atoms with van der Waals surface area (Å²) in [5, 5.41) is 24.3. The average molecular weight is 820 g/mol. The lowest BCUT2D eigenvalue weighted by Crippen LogP contribution is -2.56. The van der Waals surface area contributed by atoms with Gasteiger partial charge in [0.15, 0.2) is 0 Å². The van der Waals surface area contributed by atoms with Crippen LogP contribution in [0.2, 0.25) is 0 Å². The Morgan fingerprint density at radius 2 is 1.60 bits per heavy atom. The van der Waals surface area contributed by atoms with Crippen LogP contribution in [0, 0.1) is 23.7 Å². The highest BCUT2D eigenvalue weighted by atomic mass is 16.5. The molecule has 1 aliphatic heterocycles. The summed E-state index contributed by atoms with van der Waals surface area (Å²) in [6.45, 7) is 12.4. The summed E-state index contributed by atoms with van der Waals surface area (Å²) in [5.74, 6) is -1.18. The molecule has 0 spiro atoms. The van der Waals surface area contributed by atoms with Gasteiger partial charge in [0.2, 0.25) is 11.8 Å². The number of pyridine rings is 2. The molecule has 5 rings (SSSR count). The van der Waals surface area contributed by atoms with E-state index in [2.05, 4.69) is 31.2 Å². The van der Waals surface area contributed by atoms with Crippen LogP contribution in [0.25, 0.3) is 11.3 Å². The second-order valence-corrected chi connectivity index (χ2v) is 17.7. The predicted molar refractivity (Wildman–Crippen MR) is 231 cm³/mol. The molecule has 2 aromatic carbocycles. The lowest BCUT2D eigenvalue weighted by molar-refractivity contribution is -0.132. The van der Waals surface area contributed by atoms with E-state index in [0.717, 1.165) is 33.8 Å². The quantitative estimate of drug-likeness (QED) is 0.0815. The summed E-state index contributed by atoms with van der Waals surface area (Å²) in [6.07, 6.45) is 1.04. The van der Waals surface area contributed by atoms with Crippen molar-refractivity contribution in [3.05, 3.63) is 120 Å². The molecule has 3 heterocycles. The van der Waals surface area contributed by atoms with Crippen molar-refractivity contribution < 1.29 is 29.0 Å². The number of carbonyl (C=O) groups excluding carboxylic acids is 4. The zero-order chi connectivity index (χ0) is 43.5. The number of hydrogen-bond acceptors (Lipinski definition) is 8. The van der Waals surface area contributed by atoms with E-state index >= 15 is 0 Å². The Hall–Kier alpha value is -5.82. The Labute approximate surface area is 354 Å². The van der Waals surface area contributed by atoms with Gasteiger partial charge in [-0.2, -0.15) is 0 Å². The van der Waals surface area contributed by atoms with E-state index in [4.69, 9.17) is 4.74 Å². The molecule has 5 N–H and O–H groups in total. The molecule has 60 heavy (non-hydrogen) atoms. The fourth-order valence-electron chi connectivity index (χ4n) is 7.91. The van der Waals surface area contributed by atoms with Crippen LogP contribution >= 0.6 is 0 Å². The molecule has 1 fully saturated rings. The highest BCUT2D eigenvalue weighted by Gasteiger charge is 2.46. The van der Waals surface area contributed by atoms with Crippen LogP contribution < -0.4 is 21.3 Å². The Bertz CT molecular complexity index is 2040. The number of amides is 5. The molecule has 320 valence electrons. The van der Waals surface area contributed by atoms with Crippen molar-refractivity contribution in [1.29, 1.82) is 0 Å². The zero-order valence-corrected chi connectivity index (χ0v) is 35.9. The summed E-state index contributed by atoms with van der Waals surface area (Å²) < 4.78 is 4.72. The lowest BCUT2D eigenvalue weighted by Gasteiger charge is -2.39. The maximum absolute atomic E-state index is 14.7. The Kier molecular flexibility index (Phi) is 15.4. The summed E-state index contributed by atoms with van der Waals surface area (Å²) in [7, 11) is 1.29. The van der Waals surface area contributed by atoms with Crippen LogP contribution in [0.3, 0.4) is 0 Å². The zero-order valence-electron chi connectivity index (χ0n) is 35.9. The van der Waals surface area contributed by atoms with Gasteiger partial charge in [-0.1, -0.05) is 101 Å². The minimum Gasteiger partial charge on any atom is -0.453 e. The molecule has 2 aromatic heterocycles. The number of aromatic nitrogens is 2. The number of aryl methyl sites for hydroxylation is 1. The number of urea groups is 1. The van der Waals surface area contributed by atoms with Crippen molar-refractivity contribution in [2.24, 2.45) is 16.7 Å². The van der Waals surface area contributed by atoms with Gasteiger partial charge in [-0.05, 0) is 72.4 Å². The molecular formula is C47H61N7O6. The van der Waals surface area contributed by atoms with Crippen LogP contribution in [0.4, 0.5) is 9.59 Å². The second kappa shape index (κ2) is 20.4. The van der Waals surface area contributed by atoms with Gasteiger partial charge in [0.1, 0.15) is 0 Å². The van der Waals surface area contributed by atoms with Crippen LogP contribution in [-0.4, -0.2) is 88.3 Å². The normalized spacial score (nSPS) is 16.2. The van der Waals surface area contributed by atoms with E-state index < -0.39 is 47.1 Å². The number of benzene rings is 2. The smallest absolute Gasteiger partial charge is 0.406 e. The third-order valence-corrected chi connectivity index (χ3v) is 10.9. The molecule has 0 saturated carbocycles. The molecule has 0 aliphatic carbocycles. The number of nitrogens with one attached hydrogen (secondary N) is 4. The molecule has 4 aromatic rings. The molecule has 13 nitrogen and oxygen atoms in total. The second-order valence-electron chi connectivity index (χ2n) is 17.7. The van der Waals surface area contributed by atoms with Crippen LogP contribution in [0.15, 0.2) is 97.2 Å². The standard InChI is InChI=1S/C47H61N7O6/c1-31-14-13-17-35(51-31)29-54-39(28-49-44(54)58)42(46(2,3)4)43(57)53-38(25-32-15-9-8-10-16-32)40(55)26-36(52-41(56)27-47(5,6)30-50-45(59)60-7)24-33-19-21-34(22-20-33)37-18-11-12-23-48-37/h8-23,36,38-40,42,55H,24-30H2,1-7H3,(H,49,58)(H,50,59)(H,52,56)(H,53,57)/t36?,38?,39?,40?,42-/m0/s1. The molecule has 1 aliphatic rings. The topological polar surface area (TPSA) is 175 Å². The molecule has 0 bridgehead atoms. The third-order valence-electron chi connectivity index (χ3n) is 10.9. The largest absolute Gasteiger partial charge is 0.453 e. The number of aliphatic hydroxyl groups is 1. The minimum absolute atomic E-state index is 0.0996. The molecule has 4 unspecified atom stereocenters. The Balaban J connectivity index is 1.40. The van der Waals surface area contributed by atoms with E-state index in [0.29, 0.717) is 12.8 Å². The molecular weight excluding hydrogens is 759 g/mol. The van der Waals surface area contributed by atoms with E-state index in [1.54, 1.807) is 11.1 Å².